The van der Waals surface area contributed by atoms with E-state index in [1.807, 2.05) is 32.0 Å². The molecule has 0 saturated carbocycles. The molecule has 2 aromatic carbocycles. The van der Waals surface area contributed by atoms with Gasteiger partial charge in [-0.25, -0.2) is 0 Å². The smallest absolute Gasteiger partial charge is 0.307 e. The molecule has 0 aliphatic heterocycles. The van der Waals surface area contributed by atoms with Crippen LogP contribution in [0.2, 0.25) is 0 Å². The Balaban J connectivity index is 2.45. The lowest BCUT2D eigenvalue weighted by Crippen LogP contribution is -2.06. The molecule has 0 saturated heterocycles. The topological polar surface area (TPSA) is 92.5 Å². The van der Waals surface area contributed by atoms with Gasteiger partial charge < -0.3 is 10.4 Å². The summed E-state index contributed by atoms with van der Waals surface area (Å²) in [6.45, 7) is 3.88. The summed E-state index contributed by atoms with van der Waals surface area (Å²) in [6.07, 6.45) is -0.283. The zero-order valence-corrected chi connectivity index (χ0v) is 12.3. The average molecular weight is 300 g/mol. The molecule has 114 valence electrons. The van der Waals surface area contributed by atoms with Gasteiger partial charge in [0.25, 0.3) is 5.69 Å². The number of rotatable bonds is 5. The maximum absolute atomic E-state index is 11.0. The minimum atomic E-state index is -1.04. The second-order valence-electron chi connectivity index (χ2n) is 5.06. The third-order valence-corrected chi connectivity index (χ3v) is 3.38. The number of nitrogens with one attached hydrogen (secondary N) is 1. The van der Waals surface area contributed by atoms with Crippen molar-refractivity contribution in [2.75, 3.05) is 5.32 Å². The van der Waals surface area contributed by atoms with Crippen LogP contribution in [0, 0.1) is 24.0 Å². The van der Waals surface area contributed by atoms with Gasteiger partial charge in [-0.2, -0.15) is 0 Å². The Morgan fingerprint density at radius 2 is 1.86 bits per heavy atom. The second-order valence-corrected chi connectivity index (χ2v) is 5.06. The van der Waals surface area contributed by atoms with E-state index < -0.39 is 10.9 Å². The number of para-hydroxylation sites is 1. The highest BCUT2D eigenvalue weighted by molar-refractivity contribution is 5.77. The van der Waals surface area contributed by atoms with Crippen molar-refractivity contribution in [2.45, 2.75) is 20.3 Å². The van der Waals surface area contributed by atoms with E-state index in [0.717, 1.165) is 16.8 Å². The van der Waals surface area contributed by atoms with Crippen molar-refractivity contribution in [1.82, 2.24) is 0 Å². The summed E-state index contributed by atoms with van der Waals surface area (Å²) in [6, 6.07) is 10.0. The fraction of sp³-hybridized carbons (Fsp3) is 0.188. The van der Waals surface area contributed by atoms with Crippen LogP contribution in [0.4, 0.5) is 17.1 Å². The molecule has 0 spiro atoms. The minimum absolute atomic E-state index is 0.122. The van der Waals surface area contributed by atoms with Gasteiger partial charge in [0.1, 0.15) is 0 Å². The van der Waals surface area contributed by atoms with Gasteiger partial charge in [0.15, 0.2) is 0 Å². The van der Waals surface area contributed by atoms with E-state index in [1.54, 1.807) is 6.07 Å². The van der Waals surface area contributed by atoms with Crippen molar-refractivity contribution in [2.24, 2.45) is 0 Å². The lowest BCUT2D eigenvalue weighted by molar-refractivity contribution is -0.384. The highest BCUT2D eigenvalue weighted by atomic mass is 16.6. The molecule has 2 rings (SSSR count). The SMILES string of the molecule is Cc1cccc(C)c1Nc1ccc([N+](=O)[O-])cc1CC(=O)O. The molecule has 0 fully saturated rings. The molecular formula is C16H16N2O4. The lowest BCUT2D eigenvalue weighted by Gasteiger charge is -2.15. The molecule has 0 amide bonds. The molecule has 6 heteroatoms. The van der Waals surface area contributed by atoms with Gasteiger partial charge in [-0.05, 0) is 36.6 Å². The summed E-state index contributed by atoms with van der Waals surface area (Å²) in [4.78, 5) is 21.3. The van der Waals surface area contributed by atoms with Crippen LogP contribution < -0.4 is 5.32 Å². The molecule has 0 aliphatic carbocycles. The highest BCUT2D eigenvalue weighted by Crippen LogP contribution is 2.29. The second kappa shape index (κ2) is 6.26. The van der Waals surface area contributed by atoms with Crippen molar-refractivity contribution in [3.63, 3.8) is 0 Å². The summed E-state index contributed by atoms with van der Waals surface area (Å²) in [5.41, 5.74) is 3.72. The maximum Gasteiger partial charge on any atom is 0.307 e. The minimum Gasteiger partial charge on any atom is -0.481 e. The number of nitro benzene ring substituents is 1. The first kappa shape index (κ1) is 15.5. The van der Waals surface area contributed by atoms with Gasteiger partial charge in [0.2, 0.25) is 0 Å². The maximum atomic E-state index is 11.0. The number of nitro groups is 1. The lowest BCUT2D eigenvalue weighted by atomic mass is 10.1. The van der Waals surface area contributed by atoms with Crippen molar-refractivity contribution >= 4 is 23.0 Å². The van der Waals surface area contributed by atoms with Crippen LogP contribution in [-0.4, -0.2) is 16.0 Å². The number of benzene rings is 2. The van der Waals surface area contributed by atoms with Gasteiger partial charge in [-0.15, -0.1) is 0 Å². The number of carbonyl (C=O) groups is 1. The Kier molecular flexibility index (Phi) is 4.41. The fourth-order valence-corrected chi connectivity index (χ4v) is 2.27. The normalized spacial score (nSPS) is 10.3. The summed E-state index contributed by atoms with van der Waals surface area (Å²) in [7, 11) is 0. The molecule has 0 aromatic heterocycles. The third kappa shape index (κ3) is 3.41. The molecule has 0 radical (unpaired) electrons. The number of aliphatic carboxylic acids is 1. The van der Waals surface area contributed by atoms with Crippen molar-refractivity contribution in [3.8, 4) is 0 Å². The Morgan fingerprint density at radius 1 is 1.23 bits per heavy atom. The average Bonchev–Trinajstić information content (AvgIpc) is 2.43. The van der Waals surface area contributed by atoms with Gasteiger partial charge >= 0.3 is 5.97 Å². The van der Waals surface area contributed by atoms with Crippen LogP contribution in [0.3, 0.4) is 0 Å². The third-order valence-electron chi connectivity index (χ3n) is 3.38. The van der Waals surface area contributed by atoms with Crippen molar-refractivity contribution < 1.29 is 14.8 Å². The Bertz CT molecular complexity index is 721. The number of hydrogen-bond acceptors (Lipinski definition) is 4. The van der Waals surface area contributed by atoms with Crippen LogP contribution in [0.5, 0.6) is 0 Å². The zero-order chi connectivity index (χ0) is 16.3. The van der Waals surface area contributed by atoms with Crippen LogP contribution in [0.25, 0.3) is 0 Å². The predicted molar refractivity (Wildman–Crippen MR) is 83.6 cm³/mol. The molecule has 2 aromatic rings. The Morgan fingerprint density at radius 3 is 2.41 bits per heavy atom. The quantitative estimate of drug-likeness (QED) is 0.650. The molecule has 0 unspecified atom stereocenters. The first-order chi connectivity index (χ1) is 10.4. The van der Waals surface area contributed by atoms with Crippen LogP contribution in [0.1, 0.15) is 16.7 Å². The number of nitrogens with zero attached hydrogens (tertiary/aromatic N) is 1. The molecule has 6 nitrogen and oxygen atoms in total. The van der Waals surface area contributed by atoms with Crippen LogP contribution in [-0.2, 0) is 11.2 Å². The van der Waals surface area contributed by atoms with E-state index >= 15 is 0 Å². The number of carboxylic acid groups (broad SMARTS) is 1. The molecule has 0 atom stereocenters. The molecule has 0 bridgehead atoms. The molecule has 2 N–H and O–H groups in total. The number of aryl methyl sites for hydroxylation is 2. The zero-order valence-electron chi connectivity index (χ0n) is 12.3. The van der Waals surface area contributed by atoms with Gasteiger partial charge in [-0.1, -0.05) is 18.2 Å². The number of hydrogen-bond donors (Lipinski definition) is 2. The van der Waals surface area contributed by atoms with Crippen LogP contribution >= 0.6 is 0 Å². The molecule has 22 heavy (non-hydrogen) atoms. The van der Waals surface area contributed by atoms with Crippen LogP contribution in [0.15, 0.2) is 36.4 Å². The monoisotopic (exact) mass is 300 g/mol. The first-order valence-corrected chi connectivity index (χ1v) is 6.71. The van der Waals surface area contributed by atoms with E-state index in [1.165, 1.54) is 12.1 Å². The van der Waals surface area contributed by atoms with Gasteiger partial charge in [0.05, 0.1) is 11.3 Å². The van der Waals surface area contributed by atoms with Crippen molar-refractivity contribution in [3.05, 3.63) is 63.2 Å². The fourth-order valence-electron chi connectivity index (χ4n) is 2.27. The molecule has 0 aliphatic rings. The summed E-state index contributed by atoms with van der Waals surface area (Å²) >= 11 is 0. The van der Waals surface area contributed by atoms with Crippen molar-refractivity contribution in [1.29, 1.82) is 0 Å². The van der Waals surface area contributed by atoms with Gasteiger partial charge in [0, 0.05) is 23.5 Å². The van der Waals surface area contributed by atoms with E-state index in [-0.39, 0.29) is 12.1 Å². The van der Waals surface area contributed by atoms with E-state index in [9.17, 15) is 14.9 Å². The number of anilines is 2. The largest absolute Gasteiger partial charge is 0.481 e. The first-order valence-electron chi connectivity index (χ1n) is 6.71. The van der Waals surface area contributed by atoms with E-state index in [2.05, 4.69) is 5.32 Å². The molecular weight excluding hydrogens is 284 g/mol. The number of non-ortho nitro benzene ring substituents is 1. The Labute approximate surface area is 127 Å². The van der Waals surface area contributed by atoms with Gasteiger partial charge in [-0.3, -0.25) is 14.9 Å². The standard InChI is InChI=1S/C16H16N2O4/c1-10-4-3-5-11(2)16(10)17-14-7-6-13(18(21)22)8-12(14)9-15(19)20/h3-8,17H,9H2,1-2H3,(H,19,20). The highest BCUT2D eigenvalue weighted by Gasteiger charge is 2.14. The summed E-state index contributed by atoms with van der Waals surface area (Å²) in [5, 5.41) is 23.0. The van der Waals surface area contributed by atoms with E-state index in [4.69, 9.17) is 5.11 Å². The number of carboxylic acids is 1. The predicted octanol–water partition coefficient (Wildman–Crippen LogP) is 3.58. The molecule has 0 heterocycles. The Hall–Kier alpha value is -2.89. The summed E-state index contributed by atoms with van der Waals surface area (Å²) < 4.78 is 0. The van der Waals surface area contributed by atoms with E-state index in [0.29, 0.717) is 11.3 Å². The summed E-state index contributed by atoms with van der Waals surface area (Å²) in [5.74, 6) is -1.04.